The van der Waals surface area contributed by atoms with E-state index in [1.165, 1.54) is 0 Å². The number of hydrogen-bond acceptors (Lipinski definition) is 6. The van der Waals surface area contributed by atoms with Gasteiger partial charge in [0.25, 0.3) is 0 Å². The monoisotopic (exact) mass is 456 g/mol. The minimum atomic E-state index is -0.464. The SMILES string of the molecule is CC(C)(C)OC(=O)N1C[C@@H](CCCNSc2cccc(Nc3ccccc3)n2)CC1(C)C. The number of nitrogens with zero attached hydrogens (tertiary/aromatic N) is 2. The molecule has 0 unspecified atom stereocenters. The zero-order chi connectivity index (χ0) is 23.2. The molecule has 1 atom stereocenters. The summed E-state index contributed by atoms with van der Waals surface area (Å²) in [4.78, 5) is 19.1. The van der Waals surface area contributed by atoms with Gasteiger partial charge in [0.2, 0.25) is 0 Å². The maximum absolute atomic E-state index is 12.6. The Bertz CT molecular complexity index is 883. The summed E-state index contributed by atoms with van der Waals surface area (Å²) in [5.74, 6) is 1.33. The van der Waals surface area contributed by atoms with Crippen molar-refractivity contribution in [3.8, 4) is 0 Å². The topological polar surface area (TPSA) is 66.5 Å². The normalized spacial score (nSPS) is 17.9. The molecule has 1 aliphatic heterocycles. The molecule has 7 heteroatoms. The molecule has 2 heterocycles. The molecule has 0 saturated carbocycles. The first-order chi connectivity index (χ1) is 15.1. The lowest BCUT2D eigenvalue weighted by atomic mass is 9.93. The van der Waals surface area contributed by atoms with Crippen molar-refractivity contribution in [3.63, 3.8) is 0 Å². The molecule has 1 aromatic carbocycles. The minimum Gasteiger partial charge on any atom is -0.444 e. The van der Waals surface area contributed by atoms with E-state index in [4.69, 9.17) is 4.74 Å². The van der Waals surface area contributed by atoms with E-state index < -0.39 is 5.60 Å². The molecular formula is C25H36N4O2S. The van der Waals surface area contributed by atoms with Crippen LogP contribution in [-0.4, -0.2) is 40.2 Å². The van der Waals surface area contributed by atoms with Gasteiger partial charge in [-0.1, -0.05) is 24.3 Å². The van der Waals surface area contributed by atoms with Crippen LogP contribution in [0.2, 0.25) is 0 Å². The molecule has 1 fully saturated rings. The number of pyridine rings is 1. The molecule has 0 radical (unpaired) electrons. The Hall–Kier alpha value is -2.25. The van der Waals surface area contributed by atoms with Gasteiger partial charge in [0.15, 0.2) is 0 Å². The Morgan fingerprint density at radius 3 is 2.66 bits per heavy atom. The lowest BCUT2D eigenvalue weighted by Gasteiger charge is -2.33. The number of anilines is 2. The Kier molecular flexibility index (Phi) is 8.06. The molecule has 3 rings (SSSR count). The molecule has 0 spiro atoms. The van der Waals surface area contributed by atoms with Crippen LogP contribution in [0.25, 0.3) is 0 Å². The van der Waals surface area contributed by atoms with Crippen LogP contribution >= 0.6 is 11.9 Å². The molecule has 2 aromatic rings. The molecule has 2 N–H and O–H groups in total. The number of ether oxygens (including phenoxy) is 1. The van der Waals surface area contributed by atoms with Gasteiger partial charge < -0.3 is 15.0 Å². The van der Waals surface area contributed by atoms with Gasteiger partial charge in [-0.2, -0.15) is 0 Å². The summed E-state index contributed by atoms with van der Waals surface area (Å²) < 4.78 is 9.03. The van der Waals surface area contributed by atoms with Gasteiger partial charge in [0.1, 0.15) is 16.4 Å². The number of benzene rings is 1. The number of para-hydroxylation sites is 1. The first kappa shape index (κ1) is 24.4. The highest BCUT2D eigenvalue weighted by molar-refractivity contribution is 7.97. The van der Waals surface area contributed by atoms with E-state index in [2.05, 4.69) is 28.9 Å². The van der Waals surface area contributed by atoms with Crippen molar-refractivity contribution in [2.75, 3.05) is 18.4 Å². The van der Waals surface area contributed by atoms with Crippen LogP contribution in [0, 0.1) is 5.92 Å². The van der Waals surface area contributed by atoms with E-state index in [0.717, 1.165) is 48.9 Å². The molecule has 1 aliphatic rings. The van der Waals surface area contributed by atoms with Crippen LogP contribution < -0.4 is 10.0 Å². The second kappa shape index (κ2) is 10.6. The predicted octanol–water partition coefficient (Wildman–Crippen LogP) is 6.24. The predicted molar refractivity (Wildman–Crippen MR) is 132 cm³/mol. The van der Waals surface area contributed by atoms with Gasteiger partial charge in [-0.05, 0) is 96.0 Å². The molecule has 1 aromatic heterocycles. The Labute approximate surface area is 196 Å². The Morgan fingerprint density at radius 1 is 1.19 bits per heavy atom. The third kappa shape index (κ3) is 7.41. The standard InChI is InChI=1S/C25H36N4O2S/c1-24(2,3)31-23(30)29-18-19(17-25(29,4)5)11-10-16-26-32-22-15-9-14-21(28-22)27-20-12-7-6-8-13-20/h6-9,12-15,19,26H,10-11,16-18H2,1-5H3,(H,27,28)/t19-/m0/s1. The minimum absolute atomic E-state index is 0.161. The van der Waals surface area contributed by atoms with Gasteiger partial charge in [-0.15, -0.1) is 0 Å². The zero-order valence-corrected chi connectivity index (χ0v) is 20.7. The van der Waals surface area contributed by atoms with Gasteiger partial charge in [-0.25, -0.2) is 9.78 Å². The summed E-state index contributed by atoms with van der Waals surface area (Å²) in [6.45, 7) is 11.7. The highest BCUT2D eigenvalue weighted by Crippen LogP contribution is 2.36. The van der Waals surface area contributed by atoms with E-state index in [0.29, 0.717) is 5.92 Å². The highest BCUT2D eigenvalue weighted by atomic mass is 32.2. The molecule has 6 nitrogen and oxygen atoms in total. The number of carbonyl (C=O) groups excluding carboxylic acids is 1. The van der Waals surface area contributed by atoms with Gasteiger partial charge in [-0.3, -0.25) is 4.72 Å². The number of hydrogen-bond donors (Lipinski definition) is 2. The number of carbonyl (C=O) groups is 1. The van der Waals surface area contributed by atoms with Gasteiger partial charge in [0, 0.05) is 24.3 Å². The fourth-order valence-corrected chi connectivity index (χ4v) is 4.70. The summed E-state index contributed by atoms with van der Waals surface area (Å²) in [6.07, 6.45) is 2.94. The summed E-state index contributed by atoms with van der Waals surface area (Å²) in [5, 5.41) is 4.26. The quantitative estimate of drug-likeness (QED) is 0.362. The summed E-state index contributed by atoms with van der Waals surface area (Å²) in [5.41, 5.74) is 0.398. The van der Waals surface area contributed by atoms with E-state index in [1.807, 2.05) is 74.2 Å². The lowest BCUT2D eigenvalue weighted by Crippen LogP contribution is -2.45. The van der Waals surface area contributed by atoms with Crippen LogP contribution in [-0.2, 0) is 4.74 Å². The van der Waals surface area contributed by atoms with E-state index in [-0.39, 0.29) is 11.6 Å². The summed E-state index contributed by atoms with van der Waals surface area (Å²) in [6, 6.07) is 16.0. The second-order valence-corrected chi connectivity index (χ2v) is 10.9. The Morgan fingerprint density at radius 2 is 1.94 bits per heavy atom. The number of aromatic nitrogens is 1. The third-order valence-corrected chi connectivity index (χ3v) is 6.20. The van der Waals surface area contributed by atoms with Crippen molar-refractivity contribution in [2.45, 2.75) is 70.0 Å². The first-order valence-corrected chi connectivity index (χ1v) is 12.1. The van der Waals surface area contributed by atoms with Crippen molar-refractivity contribution in [2.24, 2.45) is 5.92 Å². The number of rotatable bonds is 8. The average molecular weight is 457 g/mol. The lowest BCUT2D eigenvalue weighted by molar-refractivity contribution is 0.0131. The van der Waals surface area contributed by atoms with Gasteiger partial charge in [0.05, 0.1) is 0 Å². The largest absolute Gasteiger partial charge is 0.444 e. The van der Waals surface area contributed by atoms with Crippen LogP contribution in [0.5, 0.6) is 0 Å². The molecular weight excluding hydrogens is 420 g/mol. The van der Waals surface area contributed by atoms with E-state index >= 15 is 0 Å². The summed E-state index contributed by atoms with van der Waals surface area (Å²) >= 11 is 1.55. The van der Waals surface area contributed by atoms with Crippen molar-refractivity contribution < 1.29 is 9.53 Å². The fraction of sp³-hybridized carbons (Fsp3) is 0.520. The fourth-order valence-electron chi connectivity index (χ4n) is 4.02. The van der Waals surface area contributed by atoms with E-state index in [1.54, 1.807) is 11.9 Å². The summed E-state index contributed by atoms with van der Waals surface area (Å²) in [7, 11) is 0. The molecule has 0 bridgehead atoms. The maximum Gasteiger partial charge on any atom is 0.410 e. The molecule has 1 amide bonds. The van der Waals surface area contributed by atoms with Crippen molar-refractivity contribution >= 4 is 29.5 Å². The van der Waals surface area contributed by atoms with Crippen molar-refractivity contribution in [3.05, 3.63) is 48.5 Å². The number of likely N-dealkylation sites (tertiary alicyclic amines) is 1. The second-order valence-electron chi connectivity index (χ2n) is 9.96. The van der Waals surface area contributed by atoms with E-state index in [9.17, 15) is 4.79 Å². The first-order valence-electron chi connectivity index (χ1n) is 11.3. The van der Waals surface area contributed by atoms with Crippen molar-refractivity contribution in [1.29, 1.82) is 0 Å². The van der Waals surface area contributed by atoms with Crippen LogP contribution in [0.15, 0.2) is 53.6 Å². The third-order valence-electron chi connectivity index (χ3n) is 5.41. The maximum atomic E-state index is 12.6. The van der Waals surface area contributed by atoms with Crippen molar-refractivity contribution in [1.82, 2.24) is 14.6 Å². The smallest absolute Gasteiger partial charge is 0.410 e. The number of nitrogens with one attached hydrogen (secondary N) is 2. The van der Waals surface area contributed by atoms with Gasteiger partial charge >= 0.3 is 6.09 Å². The van der Waals surface area contributed by atoms with Crippen LogP contribution in [0.4, 0.5) is 16.3 Å². The molecule has 1 saturated heterocycles. The highest BCUT2D eigenvalue weighted by Gasteiger charge is 2.42. The number of amides is 1. The molecule has 32 heavy (non-hydrogen) atoms. The zero-order valence-electron chi connectivity index (χ0n) is 19.9. The molecule has 174 valence electrons. The Balaban J connectivity index is 1.39. The average Bonchev–Trinajstić information content (AvgIpc) is 3.02. The van der Waals surface area contributed by atoms with Crippen LogP contribution in [0.1, 0.15) is 53.9 Å². The molecule has 0 aliphatic carbocycles. The van der Waals surface area contributed by atoms with Crippen LogP contribution in [0.3, 0.4) is 0 Å².